The standard InChI is InChI=1S/C15H17ClN2O4/c1-8-5-6-10(16)7-11(8)17-12(19)9(2)18-13(20)15(3,4)22-14(18)21/h5-7,9H,1-4H3,(H,17,19). The molecular formula is C15H17ClN2O4. The molecule has 6 nitrogen and oxygen atoms in total. The molecule has 7 heteroatoms. The molecule has 1 N–H and O–H groups in total. The Bertz CT molecular complexity index is 657. The maximum absolute atomic E-state index is 12.3. The second-order valence-electron chi connectivity index (χ2n) is 5.68. The van der Waals surface area contributed by atoms with Gasteiger partial charge in [-0.25, -0.2) is 9.69 Å². The maximum atomic E-state index is 12.3. The van der Waals surface area contributed by atoms with E-state index >= 15 is 0 Å². The molecule has 1 aliphatic rings. The fraction of sp³-hybridized carbons (Fsp3) is 0.400. The van der Waals surface area contributed by atoms with Crippen LogP contribution in [0.15, 0.2) is 18.2 Å². The van der Waals surface area contributed by atoms with Gasteiger partial charge in [0.1, 0.15) is 6.04 Å². The monoisotopic (exact) mass is 324 g/mol. The summed E-state index contributed by atoms with van der Waals surface area (Å²) < 4.78 is 4.97. The lowest BCUT2D eigenvalue weighted by Gasteiger charge is -2.21. The molecule has 118 valence electrons. The molecule has 0 aliphatic carbocycles. The molecule has 1 fully saturated rings. The Morgan fingerprint density at radius 3 is 2.55 bits per heavy atom. The average molecular weight is 325 g/mol. The topological polar surface area (TPSA) is 75.7 Å². The van der Waals surface area contributed by atoms with E-state index in [1.807, 2.05) is 6.92 Å². The van der Waals surface area contributed by atoms with Crippen molar-refractivity contribution in [2.24, 2.45) is 0 Å². The van der Waals surface area contributed by atoms with Crippen molar-refractivity contribution in [3.63, 3.8) is 0 Å². The summed E-state index contributed by atoms with van der Waals surface area (Å²) in [4.78, 5) is 37.1. The van der Waals surface area contributed by atoms with Gasteiger partial charge in [0.05, 0.1) is 0 Å². The number of carbonyl (C=O) groups is 3. The van der Waals surface area contributed by atoms with Gasteiger partial charge in [-0.3, -0.25) is 9.59 Å². The number of halogens is 1. The number of anilines is 1. The fourth-order valence-corrected chi connectivity index (χ4v) is 2.27. The van der Waals surface area contributed by atoms with Crippen LogP contribution in [0.2, 0.25) is 5.02 Å². The zero-order valence-electron chi connectivity index (χ0n) is 12.8. The van der Waals surface area contributed by atoms with Gasteiger partial charge in [0, 0.05) is 10.7 Å². The highest BCUT2D eigenvalue weighted by Gasteiger charge is 2.50. The lowest BCUT2D eigenvalue weighted by Crippen LogP contribution is -2.47. The van der Waals surface area contributed by atoms with Crippen molar-refractivity contribution in [3.05, 3.63) is 28.8 Å². The van der Waals surface area contributed by atoms with E-state index in [0.717, 1.165) is 10.5 Å². The number of nitrogens with zero attached hydrogens (tertiary/aromatic N) is 1. The van der Waals surface area contributed by atoms with E-state index in [9.17, 15) is 14.4 Å². The smallest absolute Gasteiger partial charge is 0.418 e. The first-order chi connectivity index (χ1) is 10.1. The largest absolute Gasteiger partial charge is 0.433 e. The highest BCUT2D eigenvalue weighted by atomic mass is 35.5. The van der Waals surface area contributed by atoms with Gasteiger partial charge < -0.3 is 10.1 Å². The van der Waals surface area contributed by atoms with Crippen molar-refractivity contribution >= 4 is 35.2 Å². The van der Waals surface area contributed by atoms with Gasteiger partial charge >= 0.3 is 6.09 Å². The van der Waals surface area contributed by atoms with Crippen LogP contribution in [0.5, 0.6) is 0 Å². The van der Waals surface area contributed by atoms with E-state index in [4.69, 9.17) is 16.3 Å². The Balaban J connectivity index is 2.18. The van der Waals surface area contributed by atoms with Crippen LogP contribution in [-0.2, 0) is 14.3 Å². The minimum absolute atomic E-state index is 0.478. The van der Waals surface area contributed by atoms with Crippen LogP contribution in [0.3, 0.4) is 0 Å². The van der Waals surface area contributed by atoms with Gasteiger partial charge in [-0.15, -0.1) is 0 Å². The fourth-order valence-electron chi connectivity index (χ4n) is 2.10. The average Bonchev–Trinajstić information content (AvgIpc) is 2.62. The van der Waals surface area contributed by atoms with Crippen LogP contribution in [0.25, 0.3) is 0 Å². The summed E-state index contributed by atoms with van der Waals surface area (Å²) in [7, 11) is 0. The molecule has 0 radical (unpaired) electrons. The molecule has 0 aromatic heterocycles. The molecule has 22 heavy (non-hydrogen) atoms. The minimum Gasteiger partial charge on any atom is -0.433 e. The molecule has 2 rings (SSSR count). The summed E-state index contributed by atoms with van der Waals surface area (Å²) in [5, 5.41) is 3.15. The second-order valence-corrected chi connectivity index (χ2v) is 6.11. The number of rotatable bonds is 3. The zero-order chi connectivity index (χ0) is 16.7. The molecule has 1 aliphatic heterocycles. The van der Waals surface area contributed by atoms with E-state index in [-0.39, 0.29) is 0 Å². The molecule has 1 aromatic carbocycles. The molecule has 0 saturated carbocycles. The van der Waals surface area contributed by atoms with Crippen molar-refractivity contribution in [3.8, 4) is 0 Å². The third-order valence-corrected chi connectivity index (χ3v) is 3.73. The first-order valence-electron chi connectivity index (χ1n) is 6.77. The molecule has 1 heterocycles. The SMILES string of the molecule is Cc1ccc(Cl)cc1NC(=O)C(C)N1C(=O)OC(C)(C)C1=O. The number of amides is 3. The predicted molar refractivity (Wildman–Crippen MR) is 81.7 cm³/mol. The van der Waals surface area contributed by atoms with E-state index in [0.29, 0.717) is 10.7 Å². The van der Waals surface area contributed by atoms with Crippen LogP contribution < -0.4 is 5.32 Å². The third kappa shape index (κ3) is 2.92. The quantitative estimate of drug-likeness (QED) is 0.927. The van der Waals surface area contributed by atoms with Crippen LogP contribution in [-0.4, -0.2) is 34.5 Å². The number of imide groups is 1. The third-order valence-electron chi connectivity index (χ3n) is 3.50. The molecular weight excluding hydrogens is 308 g/mol. The van der Waals surface area contributed by atoms with Gasteiger partial charge in [-0.05, 0) is 45.4 Å². The van der Waals surface area contributed by atoms with E-state index in [1.165, 1.54) is 20.8 Å². The summed E-state index contributed by atoms with van der Waals surface area (Å²) in [5.41, 5.74) is 0.0988. The number of hydrogen-bond donors (Lipinski definition) is 1. The van der Waals surface area contributed by atoms with E-state index in [2.05, 4.69) is 5.32 Å². The number of ether oxygens (including phenoxy) is 1. The number of carbonyl (C=O) groups excluding carboxylic acids is 3. The predicted octanol–water partition coefficient (Wildman–Crippen LogP) is 2.73. The van der Waals surface area contributed by atoms with Crippen LogP contribution in [0, 0.1) is 6.92 Å². The van der Waals surface area contributed by atoms with Crippen molar-refractivity contribution in [1.82, 2.24) is 4.90 Å². The Hall–Kier alpha value is -2.08. The normalized spacial score (nSPS) is 18.1. The minimum atomic E-state index is -1.25. The highest BCUT2D eigenvalue weighted by Crippen LogP contribution is 2.26. The maximum Gasteiger partial charge on any atom is 0.418 e. The molecule has 1 unspecified atom stereocenters. The van der Waals surface area contributed by atoms with E-state index in [1.54, 1.807) is 18.2 Å². The number of nitrogens with one attached hydrogen (secondary N) is 1. The first-order valence-corrected chi connectivity index (χ1v) is 7.15. The van der Waals surface area contributed by atoms with E-state index < -0.39 is 29.6 Å². The molecule has 1 aromatic rings. The van der Waals surface area contributed by atoms with Crippen molar-refractivity contribution in [2.45, 2.75) is 39.3 Å². The molecule has 3 amide bonds. The first kappa shape index (κ1) is 16.3. The summed E-state index contributed by atoms with van der Waals surface area (Å²) >= 11 is 5.90. The summed E-state index contributed by atoms with van der Waals surface area (Å²) in [5.74, 6) is -1.03. The van der Waals surface area contributed by atoms with Gasteiger partial charge in [0.25, 0.3) is 5.91 Å². The summed E-state index contributed by atoms with van der Waals surface area (Å²) in [6.07, 6.45) is -0.819. The summed E-state index contributed by atoms with van der Waals surface area (Å²) in [6.45, 7) is 6.25. The Morgan fingerprint density at radius 2 is 2.00 bits per heavy atom. The van der Waals surface area contributed by atoms with Crippen LogP contribution in [0.1, 0.15) is 26.3 Å². The van der Waals surface area contributed by atoms with Crippen molar-refractivity contribution < 1.29 is 19.1 Å². The number of hydrogen-bond acceptors (Lipinski definition) is 4. The molecule has 0 spiro atoms. The Morgan fingerprint density at radius 1 is 1.36 bits per heavy atom. The van der Waals surface area contributed by atoms with Gasteiger partial charge in [0.15, 0.2) is 5.60 Å². The number of aryl methyl sites for hydroxylation is 1. The summed E-state index contributed by atoms with van der Waals surface area (Å²) in [6, 6.07) is 4.09. The van der Waals surface area contributed by atoms with Gasteiger partial charge in [0.2, 0.25) is 5.91 Å². The van der Waals surface area contributed by atoms with Crippen LogP contribution >= 0.6 is 11.6 Å². The second kappa shape index (κ2) is 5.61. The Kier molecular flexibility index (Phi) is 4.15. The Labute approximate surface area is 133 Å². The van der Waals surface area contributed by atoms with Crippen molar-refractivity contribution in [1.29, 1.82) is 0 Å². The molecule has 0 bridgehead atoms. The highest BCUT2D eigenvalue weighted by molar-refractivity contribution is 6.31. The van der Waals surface area contributed by atoms with Gasteiger partial charge in [-0.2, -0.15) is 0 Å². The van der Waals surface area contributed by atoms with Gasteiger partial charge in [-0.1, -0.05) is 17.7 Å². The lowest BCUT2D eigenvalue weighted by molar-refractivity contribution is -0.138. The number of cyclic esters (lactones) is 1. The zero-order valence-corrected chi connectivity index (χ0v) is 13.5. The molecule has 1 saturated heterocycles. The number of benzene rings is 1. The van der Waals surface area contributed by atoms with Crippen molar-refractivity contribution in [2.75, 3.05) is 5.32 Å². The molecule has 1 atom stereocenters. The van der Waals surface area contributed by atoms with Crippen LogP contribution in [0.4, 0.5) is 10.5 Å². The lowest BCUT2D eigenvalue weighted by atomic mass is 10.1.